The molecule has 2 N–H and O–H groups in total. The van der Waals surface area contributed by atoms with Gasteiger partial charge in [0.1, 0.15) is 11.5 Å². The Morgan fingerprint density at radius 3 is 1.69 bits per heavy atom. The summed E-state index contributed by atoms with van der Waals surface area (Å²) in [6, 6.07) is 8.73. The Morgan fingerprint density at radius 1 is 0.885 bits per heavy atom. The van der Waals surface area contributed by atoms with Gasteiger partial charge in [0.15, 0.2) is 21.4 Å². The number of sulfone groups is 1. The van der Waals surface area contributed by atoms with Gasteiger partial charge < -0.3 is 10.2 Å². The molecule has 0 spiro atoms. The standard InChI is InChI=1S/C9H10O4S.C9H10O2S/c1-6(10)8-4-3-7(5-9(8)11)14(2,12)13;1-6(10)8-4-3-7(12-2)5-9(8)11/h3-5,11H,1-2H3;3-5,11H,1-2H3. The van der Waals surface area contributed by atoms with Gasteiger partial charge in [0.05, 0.1) is 16.0 Å². The third-order valence-electron chi connectivity index (χ3n) is 3.36. The molecule has 0 saturated heterocycles. The number of phenols is 2. The minimum absolute atomic E-state index is 0.000000000000000222. The predicted molar refractivity (Wildman–Crippen MR) is 101 cm³/mol. The highest BCUT2D eigenvalue weighted by Crippen LogP contribution is 2.24. The normalized spacial score (nSPS) is 10.6. The molecule has 0 bridgehead atoms. The molecule has 0 aromatic heterocycles. The second-order valence-corrected chi connectivity index (χ2v) is 8.34. The molecule has 2 aromatic rings. The number of carbonyl (C=O) groups is 2. The van der Waals surface area contributed by atoms with Gasteiger partial charge >= 0.3 is 0 Å². The van der Waals surface area contributed by atoms with Crippen LogP contribution in [0.15, 0.2) is 46.2 Å². The highest BCUT2D eigenvalue weighted by Gasteiger charge is 2.12. The lowest BCUT2D eigenvalue weighted by Gasteiger charge is -2.02. The van der Waals surface area contributed by atoms with Crippen LogP contribution in [-0.4, -0.2) is 42.7 Å². The number of aromatic hydroxyl groups is 2. The quantitative estimate of drug-likeness (QED) is 0.603. The topological polar surface area (TPSA) is 109 Å². The van der Waals surface area contributed by atoms with Crippen molar-refractivity contribution in [2.24, 2.45) is 0 Å². The number of hydrogen-bond acceptors (Lipinski definition) is 7. The maximum atomic E-state index is 11.1. The van der Waals surface area contributed by atoms with Crippen molar-refractivity contribution in [3.63, 3.8) is 0 Å². The summed E-state index contributed by atoms with van der Waals surface area (Å²) >= 11 is 1.53. The molecule has 0 aliphatic rings. The SMILES string of the molecule is CC(=O)c1ccc(S(C)(=O)=O)cc1O.CSc1ccc(C(C)=O)c(O)c1. The number of Topliss-reactive ketones (excluding diaryl/α,β-unsaturated/α-hetero) is 2. The lowest BCUT2D eigenvalue weighted by molar-refractivity contribution is 0.100. The van der Waals surface area contributed by atoms with Crippen molar-refractivity contribution in [1.29, 1.82) is 0 Å². The summed E-state index contributed by atoms with van der Waals surface area (Å²) in [7, 11) is -3.34. The van der Waals surface area contributed by atoms with Gasteiger partial charge in [0.25, 0.3) is 0 Å². The summed E-state index contributed by atoms with van der Waals surface area (Å²) in [4.78, 5) is 22.8. The van der Waals surface area contributed by atoms with Crippen molar-refractivity contribution in [3.8, 4) is 11.5 Å². The van der Waals surface area contributed by atoms with E-state index >= 15 is 0 Å². The lowest BCUT2D eigenvalue weighted by Crippen LogP contribution is -1.99. The summed E-state index contributed by atoms with van der Waals surface area (Å²) < 4.78 is 22.1. The molecule has 0 atom stereocenters. The molecule has 0 radical (unpaired) electrons. The molecule has 0 heterocycles. The monoisotopic (exact) mass is 396 g/mol. The Balaban J connectivity index is 0.000000263. The number of ketones is 2. The van der Waals surface area contributed by atoms with E-state index in [9.17, 15) is 28.2 Å². The minimum atomic E-state index is -3.34. The fourth-order valence-electron chi connectivity index (χ4n) is 1.98. The number of thioether (sulfide) groups is 1. The predicted octanol–water partition coefficient (Wildman–Crippen LogP) is 3.32. The first-order valence-electron chi connectivity index (χ1n) is 7.39. The Hall–Kier alpha value is -2.32. The summed E-state index contributed by atoms with van der Waals surface area (Å²) in [5, 5.41) is 18.7. The average molecular weight is 396 g/mol. The Bertz CT molecular complexity index is 933. The second kappa shape index (κ2) is 8.86. The molecule has 26 heavy (non-hydrogen) atoms. The highest BCUT2D eigenvalue weighted by molar-refractivity contribution is 7.98. The lowest BCUT2D eigenvalue weighted by atomic mass is 10.1. The summed E-state index contributed by atoms with van der Waals surface area (Å²) in [5.74, 6) is -0.655. The van der Waals surface area contributed by atoms with Gasteiger partial charge in [0, 0.05) is 11.2 Å². The van der Waals surface area contributed by atoms with Gasteiger partial charge in [-0.15, -0.1) is 11.8 Å². The molecule has 0 aliphatic carbocycles. The van der Waals surface area contributed by atoms with Crippen molar-refractivity contribution >= 4 is 33.2 Å². The molecule has 140 valence electrons. The fraction of sp³-hybridized carbons (Fsp3) is 0.222. The zero-order valence-corrected chi connectivity index (χ0v) is 16.4. The largest absolute Gasteiger partial charge is 0.507 e. The summed E-state index contributed by atoms with van der Waals surface area (Å²) in [5.41, 5.74) is 0.505. The zero-order valence-electron chi connectivity index (χ0n) is 14.8. The van der Waals surface area contributed by atoms with E-state index in [0.717, 1.165) is 17.2 Å². The van der Waals surface area contributed by atoms with E-state index in [4.69, 9.17) is 0 Å². The van der Waals surface area contributed by atoms with Crippen LogP contribution in [0.1, 0.15) is 34.6 Å². The van der Waals surface area contributed by atoms with Gasteiger partial charge in [-0.25, -0.2) is 8.42 Å². The van der Waals surface area contributed by atoms with Gasteiger partial charge in [-0.05, 0) is 56.5 Å². The Labute approximate surface area is 156 Å². The molecule has 2 rings (SSSR count). The minimum Gasteiger partial charge on any atom is -0.507 e. The molecule has 6 nitrogen and oxygen atoms in total. The van der Waals surface area contributed by atoms with E-state index in [0.29, 0.717) is 5.56 Å². The molecule has 0 fully saturated rings. The van der Waals surface area contributed by atoms with E-state index in [-0.39, 0.29) is 33.5 Å². The first-order valence-corrected chi connectivity index (χ1v) is 10.5. The third-order valence-corrected chi connectivity index (χ3v) is 5.20. The first-order chi connectivity index (χ1) is 12.0. The van der Waals surface area contributed by atoms with Crippen molar-refractivity contribution < 1.29 is 28.2 Å². The summed E-state index contributed by atoms with van der Waals surface area (Å²) in [6.45, 7) is 2.74. The van der Waals surface area contributed by atoms with E-state index in [2.05, 4.69) is 0 Å². The molecular weight excluding hydrogens is 376 g/mol. The molecule has 0 unspecified atom stereocenters. The number of phenolic OH excluding ortho intramolecular Hbond substituents is 2. The van der Waals surface area contributed by atoms with Crippen molar-refractivity contribution in [1.82, 2.24) is 0 Å². The molecule has 8 heteroatoms. The van der Waals surface area contributed by atoms with Gasteiger partial charge in [0.2, 0.25) is 0 Å². The van der Waals surface area contributed by atoms with Gasteiger partial charge in [-0.3, -0.25) is 9.59 Å². The molecule has 0 amide bonds. The number of hydrogen-bond donors (Lipinski definition) is 2. The number of benzene rings is 2. The van der Waals surface area contributed by atoms with Crippen molar-refractivity contribution in [2.45, 2.75) is 23.6 Å². The number of rotatable bonds is 4. The Kier molecular flexibility index (Phi) is 7.41. The van der Waals surface area contributed by atoms with Crippen LogP contribution in [0, 0.1) is 0 Å². The van der Waals surface area contributed by atoms with E-state index < -0.39 is 9.84 Å². The Morgan fingerprint density at radius 2 is 1.35 bits per heavy atom. The average Bonchev–Trinajstić information content (AvgIpc) is 2.53. The fourth-order valence-corrected chi connectivity index (χ4v) is 3.05. The van der Waals surface area contributed by atoms with Crippen LogP contribution < -0.4 is 0 Å². The molecular formula is C18H20O6S2. The summed E-state index contributed by atoms with van der Waals surface area (Å²) in [6.07, 6.45) is 2.96. The van der Waals surface area contributed by atoms with Crippen LogP contribution in [0.4, 0.5) is 0 Å². The first kappa shape index (κ1) is 21.7. The van der Waals surface area contributed by atoms with E-state index in [1.54, 1.807) is 12.1 Å². The second-order valence-electron chi connectivity index (χ2n) is 5.45. The smallest absolute Gasteiger partial charge is 0.175 e. The van der Waals surface area contributed by atoms with Crippen LogP contribution in [0.3, 0.4) is 0 Å². The van der Waals surface area contributed by atoms with Crippen LogP contribution in [0.25, 0.3) is 0 Å². The highest BCUT2D eigenvalue weighted by atomic mass is 32.2. The number of carbonyl (C=O) groups excluding carboxylic acids is 2. The zero-order chi connectivity index (χ0) is 20.1. The van der Waals surface area contributed by atoms with Gasteiger partial charge in [-0.1, -0.05) is 0 Å². The molecule has 2 aromatic carbocycles. The van der Waals surface area contributed by atoms with Crippen molar-refractivity contribution in [2.75, 3.05) is 12.5 Å². The van der Waals surface area contributed by atoms with Crippen LogP contribution in [0.5, 0.6) is 11.5 Å². The van der Waals surface area contributed by atoms with Crippen molar-refractivity contribution in [3.05, 3.63) is 47.5 Å². The van der Waals surface area contributed by atoms with Crippen LogP contribution in [-0.2, 0) is 9.84 Å². The maximum Gasteiger partial charge on any atom is 0.175 e. The van der Waals surface area contributed by atoms with E-state index in [1.807, 2.05) is 12.3 Å². The third kappa shape index (κ3) is 5.89. The van der Waals surface area contributed by atoms with Crippen LogP contribution >= 0.6 is 11.8 Å². The van der Waals surface area contributed by atoms with Crippen LogP contribution in [0.2, 0.25) is 0 Å². The maximum absolute atomic E-state index is 11.1. The van der Waals surface area contributed by atoms with Gasteiger partial charge in [-0.2, -0.15) is 0 Å². The molecule has 0 aliphatic heterocycles. The molecule has 0 saturated carbocycles. The van der Waals surface area contributed by atoms with E-state index in [1.165, 1.54) is 37.7 Å².